The molecule has 0 radical (unpaired) electrons. The van der Waals surface area contributed by atoms with Crippen molar-refractivity contribution in [3.63, 3.8) is 0 Å². The molecule has 1 unspecified atom stereocenters. The zero-order valence-corrected chi connectivity index (χ0v) is 11.4. The van der Waals surface area contributed by atoms with Gasteiger partial charge in [0, 0.05) is 13.6 Å². The number of aryl methyl sites for hydroxylation is 1. The third-order valence-electron chi connectivity index (χ3n) is 3.08. The number of carbonyl (C=O) groups is 1. The molecular formula is C14H21NO3. The molecule has 100 valence electrons. The van der Waals surface area contributed by atoms with Gasteiger partial charge in [-0.15, -0.1) is 0 Å². The summed E-state index contributed by atoms with van der Waals surface area (Å²) in [6.07, 6.45) is 0.619. The third kappa shape index (κ3) is 3.39. The number of rotatable bonds is 6. The Bertz CT molecular complexity index is 418. The predicted octanol–water partition coefficient (Wildman–Crippen LogP) is 2.55. The fourth-order valence-corrected chi connectivity index (χ4v) is 1.91. The molecule has 0 bridgehead atoms. The van der Waals surface area contributed by atoms with E-state index in [0.29, 0.717) is 13.0 Å². The molecule has 0 aliphatic heterocycles. The first-order valence-electron chi connectivity index (χ1n) is 6.08. The Balaban J connectivity index is 2.92. The molecule has 0 aromatic heterocycles. The second-order valence-corrected chi connectivity index (χ2v) is 4.50. The van der Waals surface area contributed by atoms with E-state index in [2.05, 4.69) is 0 Å². The van der Waals surface area contributed by atoms with Crippen molar-refractivity contribution in [3.05, 3.63) is 23.8 Å². The molecule has 1 aromatic rings. The lowest BCUT2D eigenvalue weighted by Gasteiger charge is -2.25. The fraction of sp³-hybridized carbons (Fsp3) is 0.500. The van der Waals surface area contributed by atoms with Crippen LogP contribution in [-0.4, -0.2) is 31.8 Å². The highest BCUT2D eigenvalue weighted by Gasteiger charge is 2.19. The van der Waals surface area contributed by atoms with E-state index in [-0.39, 0.29) is 5.92 Å². The maximum absolute atomic E-state index is 11.1. The molecule has 4 heteroatoms. The normalized spacial score (nSPS) is 12.0. The summed E-state index contributed by atoms with van der Waals surface area (Å²) in [6, 6.07) is 5.89. The number of carboxylic acids is 1. The van der Waals surface area contributed by atoms with Crippen LogP contribution in [0.4, 0.5) is 5.69 Å². The number of hydrogen-bond acceptors (Lipinski definition) is 3. The lowest BCUT2D eigenvalue weighted by Crippen LogP contribution is -2.30. The number of aliphatic carboxylic acids is 1. The van der Waals surface area contributed by atoms with Crippen LogP contribution in [0.25, 0.3) is 0 Å². The van der Waals surface area contributed by atoms with Crippen molar-refractivity contribution in [1.82, 2.24) is 0 Å². The quantitative estimate of drug-likeness (QED) is 0.844. The number of methoxy groups -OCH3 is 1. The Hall–Kier alpha value is -1.71. The highest BCUT2D eigenvalue weighted by Crippen LogP contribution is 2.29. The molecular weight excluding hydrogens is 230 g/mol. The van der Waals surface area contributed by atoms with Crippen molar-refractivity contribution in [2.75, 3.05) is 25.6 Å². The molecule has 1 atom stereocenters. The van der Waals surface area contributed by atoms with E-state index in [4.69, 9.17) is 9.84 Å². The summed E-state index contributed by atoms with van der Waals surface area (Å²) in [6.45, 7) is 4.37. The molecule has 0 aliphatic carbocycles. The Labute approximate surface area is 108 Å². The molecule has 0 spiro atoms. The highest BCUT2D eigenvalue weighted by molar-refractivity contribution is 5.71. The molecule has 1 rings (SSSR count). The van der Waals surface area contributed by atoms with Crippen molar-refractivity contribution >= 4 is 11.7 Å². The van der Waals surface area contributed by atoms with Gasteiger partial charge in [0.15, 0.2) is 0 Å². The average molecular weight is 251 g/mol. The van der Waals surface area contributed by atoms with Crippen LogP contribution in [0.2, 0.25) is 0 Å². The van der Waals surface area contributed by atoms with E-state index in [1.807, 2.05) is 44.0 Å². The molecule has 1 N–H and O–H groups in total. The van der Waals surface area contributed by atoms with Gasteiger partial charge in [0.05, 0.1) is 18.7 Å². The Kier molecular flexibility index (Phi) is 5.01. The second kappa shape index (κ2) is 6.28. The summed E-state index contributed by atoms with van der Waals surface area (Å²) in [5, 5.41) is 9.09. The molecule has 0 heterocycles. The van der Waals surface area contributed by atoms with Crippen molar-refractivity contribution in [1.29, 1.82) is 0 Å². The summed E-state index contributed by atoms with van der Waals surface area (Å²) in [7, 11) is 3.51. The molecule has 0 amide bonds. The zero-order valence-electron chi connectivity index (χ0n) is 11.4. The summed E-state index contributed by atoms with van der Waals surface area (Å²) in [5.74, 6) is -0.348. The lowest BCUT2D eigenvalue weighted by atomic mass is 10.1. The van der Waals surface area contributed by atoms with Gasteiger partial charge >= 0.3 is 5.97 Å². The molecule has 0 fully saturated rings. The second-order valence-electron chi connectivity index (χ2n) is 4.50. The van der Waals surface area contributed by atoms with E-state index in [0.717, 1.165) is 17.0 Å². The van der Waals surface area contributed by atoms with Gasteiger partial charge in [0.25, 0.3) is 0 Å². The zero-order chi connectivity index (χ0) is 13.7. The minimum absolute atomic E-state index is 0.361. The van der Waals surface area contributed by atoms with Crippen molar-refractivity contribution in [2.24, 2.45) is 5.92 Å². The Morgan fingerprint density at radius 2 is 2.17 bits per heavy atom. The van der Waals surface area contributed by atoms with Crippen LogP contribution in [-0.2, 0) is 4.79 Å². The number of carboxylic acid groups (broad SMARTS) is 1. The SMILES string of the molecule is CCC(CN(C)c1cc(C)ccc1OC)C(=O)O. The summed E-state index contributed by atoms with van der Waals surface area (Å²) >= 11 is 0. The van der Waals surface area contributed by atoms with Gasteiger partial charge in [-0.25, -0.2) is 0 Å². The van der Waals surface area contributed by atoms with Gasteiger partial charge in [-0.3, -0.25) is 4.79 Å². The first-order chi connectivity index (χ1) is 8.49. The van der Waals surface area contributed by atoms with Gasteiger partial charge in [-0.1, -0.05) is 13.0 Å². The maximum Gasteiger partial charge on any atom is 0.308 e. The van der Waals surface area contributed by atoms with Crippen LogP contribution in [0.3, 0.4) is 0 Å². The standard InChI is InChI=1S/C14H21NO3/c1-5-11(14(16)17)9-15(3)12-8-10(2)6-7-13(12)18-4/h6-8,11H,5,9H2,1-4H3,(H,16,17). The topological polar surface area (TPSA) is 49.8 Å². The smallest absolute Gasteiger partial charge is 0.308 e. The molecule has 0 saturated heterocycles. The van der Waals surface area contributed by atoms with Crippen molar-refractivity contribution in [2.45, 2.75) is 20.3 Å². The number of benzene rings is 1. The van der Waals surface area contributed by atoms with Crippen LogP contribution < -0.4 is 9.64 Å². The number of hydrogen-bond donors (Lipinski definition) is 1. The molecule has 1 aromatic carbocycles. The predicted molar refractivity (Wildman–Crippen MR) is 72.4 cm³/mol. The van der Waals surface area contributed by atoms with Gasteiger partial charge in [0.1, 0.15) is 5.75 Å². The number of ether oxygens (including phenoxy) is 1. The van der Waals surface area contributed by atoms with Gasteiger partial charge in [-0.05, 0) is 31.0 Å². The van der Waals surface area contributed by atoms with E-state index in [1.54, 1.807) is 7.11 Å². The van der Waals surface area contributed by atoms with Crippen LogP contribution in [0, 0.1) is 12.8 Å². The molecule has 4 nitrogen and oxygen atoms in total. The minimum Gasteiger partial charge on any atom is -0.495 e. The van der Waals surface area contributed by atoms with E-state index in [9.17, 15) is 4.79 Å². The number of nitrogens with zero attached hydrogens (tertiary/aromatic N) is 1. The summed E-state index contributed by atoms with van der Waals surface area (Å²) in [4.78, 5) is 13.0. The molecule has 18 heavy (non-hydrogen) atoms. The number of anilines is 1. The minimum atomic E-state index is -0.754. The van der Waals surface area contributed by atoms with E-state index in [1.165, 1.54) is 0 Å². The van der Waals surface area contributed by atoms with Gasteiger partial charge < -0.3 is 14.7 Å². The van der Waals surface area contributed by atoms with Crippen LogP contribution >= 0.6 is 0 Å². The summed E-state index contributed by atoms with van der Waals surface area (Å²) in [5.41, 5.74) is 2.05. The van der Waals surface area contributed by atoms with E-state index >= 15 is 0 Å². The molecule has 0 saturated carbocycles. The van der Waals surface area contributed by atoms with Crippen molar-refractivity contribution < 1.29 is 14.6 Å². The first kappa shape index (κ1) is 14.4. The van der Waals surface area contributed by atoms with E-state index < -0.39 is 5.97 Å². The monoisotopic (exact) mass is 251 g/mol. The Morgan fingerprint density at radius 3 is 2.67 bits per heavy atom. The van der Waals surface area contributed by atoms with Gasteiger partial charge in [-0.2, -0.15) is 0 Å². The van der Waals surface area contributed by atoms with Crippen molar-refractivity contribution in [3.8, 4) is 5.75 Å². The van der Waals surface area contributed by atoms with Crippen LogP contribution in [0.1, 0.15) is 18.9 Å². The highest BCUT2D eigenvalue weighted by atomic mass is 16.5. The largest absolute Gasteiger partial charge is 0.495 e. The summed E-state index contributed by atoms with van der Waals surface area (Å²) < 4.78 is 5.31. The Morgan fingerprint density at radius 1 is 1.50 bits per heavy atom. The van der Waals surface area contributed by atoms with Crippen LogP contribution in [0.5, 0.6) is 5.75 Å². The third-order valence-corrected chi connectivity index (χ3v) is 3.08. The van der Waals surface area contributed by atoms with Crippen LogP contribution in [0.15, 0.2) is 18.2 Å². The molecule has 0 aliphatic rings. The first-order valence-corrected chi connectivity index (χ1v) is 6.08. The average Bonchev–Trinajstić information content (AvgIpc) is 2.35. The van der Waals surface area contributed by atoms with Gasteiger partial charge in [0.2, 0.25) is 0 Å². The fourth-order valence-electron chi connectivity index (χ4n) is 1.91. The lowest BCUT2D eigenvalue weighted by molar-refractivity contribution is -0.141. The maximum atomic E-state index is 11.1.